The summed E-state index contributed by atoms with van der Waals surface area (Å²) >= 11 is 1.31. The monoisotopic (exact) mass is 479 g/mol. The Hall–Kier alpha value is -3.39. The fourth-order valence-corrected chi connectivity index (χ4v) is 4.41. The molecule has 0 radical (unpaired) electrons. The van der Waals surface area contributed by atoms with Crippen LogP contribution in [0.2, 0.25) is 0 Å². The SMILES string of the molecule is CCCCCOc1ccc(-c2nc3s/c(=C\c4ccc(OCC)c(OCC)c4)c(=O)n3n2)cc1. The summed E-state index contributed by atoms with van der Waals surface area (Å²) in [5.74, 6) is 2.69. The number of rotatable bonds is 11. The first-order valence-corrected chi connectivity index (χ1v) is 12.5. The van der Waals surface area contributed by atoms with Crippen molar-refractivity contribution in [3.05, 3.63) is 62.9 Å². The second-order valence-corrected chi connectivity index (χ2v) is 8.71. The van der Waals surface area contributed by atoms with Crippen LogP contribution >= 0.6 is 11.3 Å². The minimum Gasteiger partial charge on any atom is -0.494 e. The molecule has 0 unspecified atom stereocenters. The fraction of sp³-hybridized carbons (Fsp3) is 0.346. The largest absolute Gasteiger partial charge is 0.494 e. The van der Waals surface area contributed by atoms with Crippen molar-refractivity contribution in [3.63, 3.8) is 0 Å². The van der Waals surface area contributed by atoms with E-state index in [1.54, 1.807) is 0 Å². The minimum atomic E-state index is -0.193. The van der Waals surface area contributed by atoms with Crippen molar-refractivity contribution in [1.29, 1.82) is 0 Å². The first-order chi connectivity index (χ1) is 16.6. The molecular formula is C26H29N3O4S. The Morgan fingerprint density at radius 1 is 0.941 bits per heavy atom. The summed E-state index contributed by atoms with van der Waals surface area (Å²) in [4.78, 5) is 18.1. The number of ether oxygens (including phenoxy) is 3. The predicted molar refractivity (Wildman–Crippen MR) is 135 cm³/mol. The van der Waals surface area contributed by atoms with Crippen LogP contribution < -0.4 is 24.3 Å². The van der Waals surface area contributed by atoms with E-state index in [0.29, 0.717) is 46.6 Å². The summed E-state index contributed by atoms with van der Waals surface area (Å²) in [6, 6.07) is 13.3. The maximum Gasteiger partial charge on any atom is 0.291 e. The highest BCUT2D eigenvalue weighted by atomic mass is 32.1. The van der Waals surface area contributed by atoms with Gasteiger partial charge in [-0.2, -0.15) is 9.50 Å². The van der Waals surface area contributed by atoms with Gasteiger partial charge < -0.3 is 14.2 Å². The van der Waals surface area contributed by atoms with Crippen LogP contribution in [-0.2, 0) is 0 Å². The molecule has 0 N–H and O–H groups in total. The van der Waals surface area contributed by atoms with Crippen LogP contribution in [0.25, 0.3) is 22.4 Å². The Morgan fingerprint density at radius 3 is 2.41 bits per heavy atom. The van der Waals surface area contributed by atoms with Crippen LogP contribution in [0.15, 0.2) is 47.3 Å². The lowest BCUT2D eigenvalue weighted by Gasteiger charge is -2.11. The van der Waals surface area contributed by atoms with Gasteiger partial charge in [0.25, 0.3) is 5.56 Å². The van der Waals surface area contributed by atoms with Gasteiger partial charge in [0, 0.05) is 5.56 Å². The number of benzene rings is 2. The summed E-state index contributed by atoms with van der Waals surface area (Å²) in [7, 11) is 0. The predicted octanol–water partition coefficient (Wildman–Crippen LogP) is 4.73. The van der Waals surface area contributed by atoms with Crippen molar-refractivity contribution in [2.45, 2.75) is 40.0 Å². The van der Waals surface area contributed by atoms with Crippen molar-refractivity contribution in [2.75, 3.05) is 19.8 Å². The highest BCUT2D eigenvalue weighted by Gasteiger charge is 2.13. The number of unbranched alkanes of at least 4 members (excludes halogenated alkanes) is 2. The average Bonchev–Trinajstić information content (AvgIpc) is 3.38. The van der Waals surface area contributed by atoms with Gasteiger partial charge in [0.15, 0.2) is 17.3 Å². The molecule has 34 heavy (non-hydrogen) atoms. The lowest BCUT2D eigenvalue weighted by atomic mass is 10.2. The van der Waals surface area contributed by atoms with E-state index in [1.165, 1.54) is 22.3 Å². The maximum absolute atomic E-state index is 12.9. The molecule has 0 spiro atoms. The summed E-state index contributed by atoms with van der Waals surface area (Å²) in [5, 5.41) is 4.44. The van der Waals surface area contributed by atoms with E-state index in [-0.39, 0.29) is 5.56 Å². The van der Waals surface area contributed by atoms with Gasteiger partial charge in [-0.05, 0) is 68.3 Å². The van der Waals surface area contributed by atoms with Gasteiger partial charge in [-0.15, -0.1) is 5.10 Å². The zero-order valence-corrected chi connectivity index (χ0v) is 20.6. The molecular weight excluding hydrogens is 450 g/mol. The average molecular weight is 480 g/mol. The molecule has 0 saturated carbocycles. The third-order valence-electron chi connectivity index (χ3n) is 5.18. The first-order valence-electron chi connectivity index (χ1n) is 11.7. The van der Waals surface area contributed by atoms with Gasteiger partial charge >= 0.3 is 0 Å². The van der Waals surface area contributed by atoms with Gasteiger partial charge in [0.05, 0.1) is 24.4 Å². The van der Waals surface area contributed by atoms with Gasteiger partial charge in [-0.25, -0.2) is 0 Å². The van der Waals surface area contributed by atoms with E-state index in [9.17, 15) is 4.79 Å². The topological polar surface area (TPSA) is 75.0 Å². The summed E-state index contributed by atoms with van der Waals surface area (Å²) in [5.41, 5.74) is 1.50. The molecule has 4 aromatic rings. The van der Waals surface area contributed by atoms with Gasteiger partial charge in [0.1, 0.15) is 5.75 Å². The fourth-order valence-electron chi connectivity index (χ4n) is 3.51. The van der Waals surface area contributed by atoms with E-state index < -0.39 is 0 Å². The van der Waals surface area contributed by atoms with Crippen LogP contribution in [-0.4, -0.2) is 34.4 Å². The van der Waals surface area contributed by atoms with Gasteiger partial charge in [-0.1, -0.05) is 37.2 Å². The minimum absolute atomic E-state index is 0.193. The molecule has 0 aliphatic rings. The first kappa shape index (κ1) is 23.8. The van der Waals surface area contributed by atoms with Gasteiger partial charge in [0.2, 0.25) is 4.96 Å². The number of hydrogen-bond acceptors (Lipinski definition) is 7. The second-order valence-electron chi connectivity index (χ2n) is 7.70. The second kappa shape index (κ2) is 11.2. The van der Waals surface area contributed by atoms with Crippen LogP contribution in [0.5, 0.6) is 17.2 Å². The molecule has 0 atom stereocenters. The number of fused-ring (bicyclic) bond motifs is 1. The Bertz CT molecular complexity index is 1350. The zero-order valence-electron chi connectivity index (χ0n) is 19.7. The van der Waals surface area contributed by atoms with E-state index in [1.807, 2.05) is 62.4 Å². The molecule has 8 heteroatoms. The lowest BCUT2D eigenvalue weighted by Crippen LogP contribution is -2.23. The highest BCUT2D eigenvalue weighted by molar-refractivity contribution is 7.15. The summed E-state index contributed by atoms with van der Waals surface area (Å²) in [6.45, 7) is 7.82. The molecule has 2 heterocycles. The number of thiazole rings is 1. The molecule has 178 valence electrons. The van der Waals surface area contributed by atoms with Crippen molar-refractivity contribution >= 4 is 22.4 Å². The van der Waals surface area contributed by atoms with Crippen molar-refractivity contribution in [3.8, 4) is 28.6 Å². The smallest absolute Gasteiger partial charge is 0.291 e. The molecule has 0 aliphatic heterocycles. The van der Waals surface area contributed by atoms with Crippen LogP contribution in [0, 0.1) is 0 Å². The highest BCUT2D eigenvalue weighted by Crippen LogP contribution is 2.29. The molecule has 0 aliphatic carbocycles. The summed E-state index contributed by atoms with van der Waals surface area (Å²) < 4.78 is 19.0. The molecule has 0 amide bonds. The Kier molecular flexibility index (Phi) is 7.80. The van der Waals surface area contributed by atoms with Crippen molar-refractivity contribution < 1.29 is 14.2 Å². The molecule has 4 rings (SSSR count). The van der Waals surface area contributed by atoms with Crippen LogP contribution in [0.3, 0.4) is 0 Å². The zero-order chi connectivity index (χ0) is 23.9. The molecule has 0 bridgehead atoms. The van der Waals surface area contributed by atoms with Crippen molar-refractivity contribution in [1.82, 2.24) is 14.6 Å². The lowest BCUT2D eigenvalue weighted by molar-refractivity contribution is 0.287. The number of aromatic nitrogens is 3. The summed E-state index contributed by atoms with van der Waals surface area (Å²) in [6.07, 6.45) is 5.20. The molecule has 0 saturated heterocycles. The Labute approximate surface area is 202 Å². The van der Waals surface area contributed by atoms with E-state index in [0.717, 1.165) is 29.7 Å². The quantitative estimate of drug-likeness (QED) is 0.290. The van der Waals surface area contributed by atoms with Crippen LogP contribution in [0.4, 0.5) is 0 Å². The standard InChI is InChI=1S/C26H29N3O4S/c1-4-7-8-15-33-20-12-10-19(11-13-20)24-27-26-29(28-24)25(30)23(34-26)17-18-9-14-21(31-5-2)22(16-18)32-6-3/h9-14,16-17H,4-8,15H2,1-3H3/b23-17-. The molecule has 2 aromatic heterocycles. The van der Waals surface area contributed by atoms with Gasteiger partial charge in [-0.3, -0.25) is 4.79 Å². The van der Waals surface area contributed by atoms with Crippen molar-refractivity contribution in [2.24, 2.45) is 0 Å². The molecule has 2 aromatic carbocycles. The molecule has 0 fully saturated rings. The molecule has 7 nitrogen and oxygen atoms in total. The Balaban J connectivity index is 1.56. The normalized spacial score (nSPS) is 11.8. The van der Waals surface area contributed by atoms with E-state index >= 15 is 0 Å². The third kappa shape index (κ3) is 5.39. The number of hydrogen-bond donors (Lipinski definition) is 0. The van der Waals surface area contributed by atoms with Crippen LogP contribution in [0.1, 0.15) is 45.6 Å². The maximum atomic E-state index is 12.9. The number of nitrogens with zero attached hydrogens (tertiary/aromatic N) is 3. The Morgan fingerprint density at radius 2 is 1.71 bits per heavy atom. The third-order valence-corrected chi connectivity index (χ3v) is 6.14. The van der Waals surface area contributed by atoms with E-state index in [2.05, 4.69) is 17.0 Å². The van der Waals surface area contributed by atoms with E-state index in [4.69, 9.17) is 14.2 Å².